The number of methoxy groups -OCH3 is 1. The third kappa shape index (κ3) is 5.69. The van der Waals surface area contributed by atoms with Crippen LogP contribution in [0.1, 0.15) is 31.1 Å². The molecule has 0 radical (unpaired) electrons. The molecule has 0 unspecified atom stereocenters. The van der Waals surface area contributed by atoms with E-state index < -0.39 is 27.6 Å². The van der Waals surface area contributed by atoms with Crippen molar-refractivity contribution in [2.24, 2.45) is 5.73 Å². The minimum atomic E-state index is -3.50. The standard InChI is InChI=1S/C29H23ClN2O6S/c1-38-29(35)23-17-20(30)15-16-25(23)32(24-9-5-3-8-22(24)27(31)33)28(34)19-13-11-18(12-14-19)21-7-4-6-10-26(21)39(2,36)37/h3-17H,1-2H3,(H2,31,33). The van der Waals surface area contributed by atoms with Crippen molar-refractivity contribution in [3.05, 3.63) is 113 Å². The summed E-state index contributed by atoms with van der Waals surface area (Å²) in [5, 5.41) is 0.239. The molecule has 39 heavy (non-hydrogen) atoms. The maximum Gasteiger partial charge on any atom is 0.340 e. The maximum atomic E-state index is 14.0. The Bertz CT molecular complexity index is 1700. The molecular weight excluding hydrogens is 540 g/mol. The van der Waals surface area contributed by atoms with Crippen LogP contribution in [0.5, 0.6) is 0 Å². The SMILES string of the molecule is COC(=O)c1cc(Cl)ccc1N(C(=O)c1ccc(-c2ccccc2S(C)(=O)=O)cc1)c1ccccc1C(N)=O. The molecule has 0 aromatic heterocycles. The lowest BCUT2D eigenvalue weighted by molar-refractivity contribution is 0.0601. The molecule has 0 saturated carbocycles. The van der Waals surface area contributed by atoms with Crippen LogP contribution >= 0.6 is 11.6 Å². The Kier molecular flexibility index (Phi) is 7.85. The largest absolute Gasteiger partial charge is 0.465 e. The second-order valence-electron chi connectivity index (χ2n) is 8.52. The van der Waals surface area contributed by atoms with Crippen LogP contribution in [0, 0.1) is 0 Å². The molecule has 0 saturated heterocycles. The van der Waals surface area contributed by atoms with Crippen LogP contribution in [0.3, 0.4) is 0 Å². The number of carbonyl (C=O) groups excluding carboxylic acids is 3. The molecule has 0 atom stereocenters. The van der Waals surface area contributed by atoms with E-state index in [2.05, 4.69) is 0 Å². The van der Waals surface area contributed by atoms with Crippen molar-refractivity contribution in [2.75, 3.05) is 18.3 Å². The molecule has 10 heteroatoms. The van der Waals surface area contributed by atoms with Gasteiger partial charge >= 0.3 is 5.97 Å². The highest BCUT2D eigenvalue weighted by molar-refractivity contribution is 7.90. The van der Waals surface area contributed by atoms with E-state index in [1.165, 1.54) is 60.5 Å². The molecule has 198 valence electrons. The second kappa shape index (κ2) is 11.1. The third-order valence-corrected chi connectivity index (χ3v) is 7.34. The number of hydrogen-bond donors (Lipinski definition) is 1. The van der Waals surface area contributed by atoms with Crippen molar-refractivity contribution in [1.82, 2.24) is 0 Å². The monoisotopic (exact) mass is 562 g/mol. The van der Waals surface area contributed by atoms with E-state index in [-0.39, 0.29) is 38.0 Å². The van der Waals surface area contributed by atoms with Gasteiger partial charge in [-0.25, -0.2) is 13.2 Å². The van der Waals surface area contributed by atoms with Crippen LogP contribution in [-0.4, -0.2) is 39.6 Å². The molecule has 0 aliphatic carbocycles. The molecule has 0 spiro atoms. The van der Waals surface area contributed by atoms with E-state index in [1.54, 1.807) is 42.5 Å². The molecule has 4 aromatic carbocycles. The number of esters is 1. The summed E-state index contributed by atoms with van der Waals surface area (Å²) in [6, 6.07) is 23.4. The summed E-state index contributed by atoms with van der Waals surface area (Å²) >= 11 is 6.14. The zero-order valence-corrected chi connectivity index (χ0v) is 22.5. The lowest BCUT2D eigenvalue weighted by Crippen LogP contribution is -2.30. The van der Waals surface area contributed by atoms with Gasteiger partial charge in [0.2, 0.25) is 0 Å². The van der Waals surface area contributed by atoms with Gasteiger partial charge in [0.1, 0.15) is 0 Å². The fraction of sp³-hybridized carbons (Fsp3) is 0.0690. The first-order valence-electron chi connectivity index (χ1n) is 11.5. The van der Waals surface area contributed by atoms with Gasteiger partial charge in [0.15, 0.2) is 9.84 Å². The number of nitrogens with zero attached hydrogens (tertiary/aromatic N) is 1. The number of sulfone groups is 1. The van der Waals surface area contributed by atoms with Gasteiger partial charge in [0, 0.05) is 22.4 Å². The summed E-state index contributed by atoms with van der Waals surface area (Å²) in [7, 11) is -2.30. The molecule has 2 amide bonds. The number of nitrogens with two attached hydrogens (primary N) is 1. The highest BCUT2D eigenvalue weighted by Gasteiger charge is 2.28. The van der Waals surface area contributed by atoms with Crippen LogP contribution in [-0.2, 0) is 14.6 Å². The average Bonchev–Trinajstić information content (AvgIpc) is 2.93. The number of hydrogen-bond acceptors (Lipinski definition) is 6. The number of primary amides is 1. The molecular formula is C29H23ClN2O6S. The molecule has 2 N–H and O–H groups in total. The van der Waals surface area contributed by atoms with Gasteiger partial charge in [-0.15, -0.1) is 0 Å². The molecule has 8 nitrogen and oxygen atoms in total. The van der Waals surface area contributed by atoms with Gasteiger partial charge in [-0.3, -0.25) is 14.5 Å². The summed E-state index contributed by atoms with van der Waals surface area (Å²) in [5.41, 5.74) is 7.19. The van der Waals surface area contributed by atoms with Gasteiger partial charge in [0.05, 0.1) is 34.5 Å². The zero-order valence-electron chi connectivity index (χ0n) is 20.9. The Labute approximate surface area is 230 Å². The zero-order chi connectivity index (χ0) is 28.3. The number of halogens is 1. The van der Waals surface area contributed by atoms with Crippen molar-refractivity contribution in [2.45, 2.75) is 4.90 Å². The molecule has 0 aliphatic rings. The predicted molar refractivity (Wildman–Crippen MR) is 149 cm³/mol. The summed E-state index contributed by atoms with van der Waals surface area (Å²) < 4.78 is 29.5. The van der Waals surface area contributed by atoms with E-state index in [0.29, 0.717) is 11.1 Å². The highest BCUT2D eigenvalue weighted by atomic mass is 35.5. The molecule has 0 bridgehead atoms. The lowest BCUT2D eigenvalue weighted by Gasteiger charge is -2.26. The van der Waals surface area contributed by atoms with Gasteiger partial charge in [-0.1, -0.05) is 54.1 Å². The third-order valence-electron chi connectivity index (χ3n) is 5.95. The molecule has 0 fully saturated rings. The number of benzene rings is 4. The number of carbonyl (C=O) groups is 3. The maximum absolute atomic E-state index is 14.0. The van der Waals surface area contributed by atoms with Crippen LogP contribution < -0.4 is 10.6 Å². The van der Waals surface area contributed by atoms with Gasteiger partial charge in [-0.05, 0) is 54.1 Å². The Hall–Kier alpha value is -4.47. The van der Waals surface area contributed by atoms with Gasteiger partial charge < -0.3 is 10.5 Å². The summed E-state index contributed by atoms with van der Waals surface area (Å²) in [5.74, 6) is -2.10. The normalized spacial score (nSPS) is 11.1. The molecule has 4 rings (SSSR count). The fourth-order valence-electron chi connectivity index (χ4n) is 4.15. The fourth-order valence-corrected chi connectivity index (χ4v) is 5.24. The van der Waals surface area contributed by atoms with Crippen molar-refractivity contribution in [3.63, 3.8) is 0 Å². The van der Waals surface area contributed by atoms with Crippen LogP contribution in [0.25, 0.3) is 11.1 Å². The van der Waals surface area contributed by atoms with Crippen LogP contribution in [0.15, 0.2) is 95.9 Å². The van der Waals surface area contributed by atoms with Gasteiger partial charge in [0.25, 0.3) is 11.8 Å². The van der Waals surface area contributed by atoms with Crippen molar-refractivity contribution < 1.29 is 27.5 Å². The van der Waals surface area contributed by atoms with E-state index >= 15 is 0 Å². The first-order chi connectivity index (χ1) is 18.5. The van der Waals surface area contributed by atoms with Crippen molar-refractivity contribution in [3.8, 4) is 11.1 Å². The predicted octanol–water partition coefficient (Wildman–Crippen LogP) is 5.27. The minimum absolute atomic E-state index is 0.00340. The van der Waals surface area contributed by atoms with E-state index in [9.17, 15) is 22.8 Å². The Morgan fingerprint density at radius 1 is 0.821 bits per heavy atom. The minimum Gasteiger partial charge on any atom is -0.465 e. The second-order valence-corrected chi connectivity index (χ2v) is 10.9. The summed E-state index contributed by atoms with van der Waals surface area (Å²) in [6.07, 6.45) is 1.13. The smallest absolute Gasteiger partial charge is 0.340 e. The Morgan fingerprint density at radius 3 is 2.08 bits per heavy atom. The molecule has 4 aromatic rings. The first kappa shape index (κ1) is 27.6. The van der Waals surface area contributed by atoms with E-state index in [4.69, 9.17) is 22.1 Å². The number of anilines is 2. The Morgan fingerprint density at radius 2 is 1.44 bits per heavy atom. The average molecular weight is 563 g/mol. The van der Waals surface area contributed by atoms with Crippen molar-refractivity contribution >= 4 is 50.6 Å². The lowest BCUT2D eigenvalue weighted by atomic mass is 10.0. The molecule has 0 aliphatic heterocycles. The number of amides is 2. The Balaban J connectivity index is 1.88. The van der Waals surface area contributed by atoms with Crippen LogP contribution in [0.2, 0.25) is 5.02 Å². The quantitative estimate of drug-likeness (QED) is 0.306. The number of rotatable bonds is 7. The van der Waals surface area contributed by atoms with E-state index in [0.717, 1.165) is 6.26 Å². The topological polar surface area (TPSA) is 124 Å². The number of ether oxygens (including phenoxy) is 1. The summed E-state index contributed by atoms with van der Waals surface area (Å²) in [6.45, 7) is 0. The summed E-state index contributed by atoms with van der Waals surface area (Å²) in [4.78, 5) is 40.3. The molecule has 0 heterocycles. The van der Waals surface area contributed by atoms with Crippen molar-refractivity contribution in [1.29, 1.82) is 0 Å². The van der Waals surface area contributed by atoms with Crippen LogP contribution in [0.4, 0.5) is 11.4 Å². The van der Waals surface area contributed by atoms with E-state index in [1.807, 2.05) is 0 Å². The first-order valence-corrected chi connectivity index (χ1v) is 13.8. The van der Waals surface area contributed by atoms with Gasteiger partial charge in [-0.2, -0.15) is 0 Å². The highest BCUT2D eigenvalue weighted by Crippen LogP contribution is 2.35. The number of para-hydroxylation sites is 1.